The fraction of sp³-hybridized carbons (Fsp3) is 0.250. The van der Waals surface area contributed by atoms with Crippen molar-refractivity contribution in [3.8, 4) is 5.75 Å². The van der Waals surface area contributed by atoms with Crippen LogP contribution in [0.25, 0.3) is 6.08 Å². The maximum absolute atomic E-state index is 13.3. The Morgan fingerprint density at radius 3 is 2.88 bits per heavy atom. The number of carbonyl (C=O) groups is 1. The van der Waals surface area contributed by atoms with Crippen molar-refractivity contribution in [2.45, 2.75) is 6.92 Å². The normalized spacial score (nSPS) is 11.1. The minimum Gasteiger partial charge on any atom is -0.497 e. The monoisotopic (exact) mass is 224 g/mol. The van der Waals surface area contributed by atoms with Crippen LogP contribution < -0.4 is 4.74 Å². The van der Waals surface area contributed by atoms with Gasteiger partial charge in [-0.3, -0.25) is 0 Å². The lowest BCUT2D eigenvalue weighted by Gasteiger charge is -2.01. The van der Waals surface area contributed by atoms with Crippen molar-refractivity contribution in [3.05, 3.63) is 35.7 Å². The Kier molecular flexibility index (Phi) is 4.51. The first-order valence-corrected chi connectivity index (χ1v) is 4.85. The zero-order valence-electron chi connectivity index (χ0n) is 9.20. The topological polar surface area (TPSA) is 35.5 Å². The first-order chi connectivity index (χ1) is 7.67. The average molecular weight is 224 g/mol. The molecule has 0 saturated heterocycles. The summed E-state index contributed by atoms with van der Waals surface area (Å²) in [5.41, 5.74) is 0.546. The molecule has 0 atom stereocenters. The molecule has 0 aromatic heterocycles. The molecule has 0 fully saturated rings. The van der Waals surface area contributed by atoms with Crippen molar-refractivity contribution in [2.75, 3.05) is 13.7 Å². The summed E-state index contributed by atoms with van der Waals surface area (Å²) in [6.45, 7) is 1.77. The van der Waals surface area contributed by atoms with E-state index in [9.17, 15) is 9.18 Å². The highest BCUT2D eigenvalue weighted by molar-refractivity contribution is 5.91. The zero-order chi connectivity index (χ0) is 12.0. The number of hydrogen-bond acceptors (Lipinski definition) is 3. The number of methoxy groups -OCH3 is 1. The molecule has 4 heteroatoms. The van der Waals surface area contributed by atoms with Crippen LogP contribution in [0.15, 0.2) is 30.1 Å². The summed E-state index contributed by atoms with van der Waals surface area (Å²) in [7, 11) is 1.52. The maximum Gasteiger partial charge on any atom is 0.367 e. The number of benzene rings is 1. The summed E-state index contributed by atoms with van der Waals surface area (Å²) >= 11 is 0. The highest BCUT2D eigenvalue weighted by Gasteiger charge is 2.09. The molecule has 0 radical (unpaired) electrons. The summed E-state index contributed by atoms with van der Waals surface area (Å²) in [6.07, 6.45) is 1.11. The third-order valence-corrected chi connectivity index (χ3v) is 1.86. The van der Waals surface area contributed by atoms with Crippen LogP contribution in [-0.2, 0) is 9.53 Å². The van der Waals surface area contributed by atoms with Crippen LogP contribution in [0.5, 0.6) is 5.75 Å². The quantitative estimate of drug-likeness (QED) is 0.582. The van der Waals surface area contributed by atoms with Crippen molar-refractivity contribution in [1.82, 2.24) is 0 Å². The van der Waals surface area contributed by atoms with E-state index in [0.29, 0.717) is 11.3 Å². The highest BCUT2D eigenvalue weighted by atomic mass is 19.1. The SMILES string of the molecule is CCOC(=O)/C(F)=C/c1cccc(OC)c1. The third kappa shape index (κ3) is 3.38. The van der Waals surface area contributed by atoms with E-state index in [1.165, 1.54) is 7.11 Å². The van der Waals surface area contributed by atoms with Crippen LogP contribution in [0.3, 0.4) is 0 Å². The largest absolute Gasteiger partial charge is 0.497 e. The summed E-state index contributed by atoms with van der Waals surface area (Å²) in [5.74, 6) is -1.27. The van der Waals surface area contributed by atoms with Gasteiger partial charge in [0.2, 0.25) is 5.83 Å². The minimum atomic E-state index is -0.953. The Hall–Kier alpha value is -1.84. The van der Waals surface area contributed by atoms with Crippen LogP contribution in [0.2, 0.25) is 0 Å². The van der Waals surface area contributed by atoms with Gasteiger partial charge in [-0.2, -0.15) is 4.39 Å². The Bertz CT molecular complexity index is 399. The van der Waals surface area contributed by atoms with Gasteiger partial charge in [-0.25, -0.2) is 4.79 Å². The second kappa shape index (κ2) is 5.90. The molecule has 86 valence electrons. The summed E-state index contributed by atoms with van der Waals surface area (Å²) in [6, 6.07) is 6.74. The van der Waals surface area contributed by atoms with Crippen molar-refractivity contribution < 1.29 is 18.7 Å². The van der Waals surface area contributed by atoms with Crippen LogP contribution >= 0.6 is 0 Å². The predicted molar refractivity (Wildman–Crippen MR) is 58.7 cm³/mol. The predicted octanol–water partition coefficient (Wildman–Crippen LogP) is 2.57. The number of rotatable bonds is 4. The fourth-order valence-electron chi connectivity index (χ4n) is 1.14. The molecule has 0 heterocycles. The molecule has 1 aromatic rings. The first kappa shape index (κ1) is 12.2. The van der Waals surface area contributed by atoms with Gasteiger partial charge in [0.05, 0.1) is 13.7 Å². The summed E-state index contributed by atoms with van der Waals surface area (Å²) in [4.78, 5) is 11.0. The molecule has 0 N–H and O–H groups in total. The van der Waals surface area contributed by atoms with Gasteiger partial charge in [-0.1, -0.05) is 12.1 Å². The average Bonchev–Trinajstić information content (AvgIpc) is 2.29. The summed E-state index contributed by atoms with van der Waals surface area (Å²) < 4.78 is 22.7. The van der Waals surface area contributed by atoms with Crippen LogP contribution in [0.4, 0.5) is 4.39 Å². The van der Waals surface area contributed by atoms with Gasteiger partial charge >= 0.3 is 5.97 Å². The van der Waals surface area contributed by atoms with E-state index < -0.39 is 11.8 Å². The van der Waals surface area contributed by atoms with Crippen LogP contribution in [0, 0.1) is 0 Å². The Morgan fingerprint density at radius 2 is 2.25 bits per heavy atom. The van der Waals surface area contributed by atoms with Crippen molar-refractivity contribution in [1.29, 1.82) is 0 Å². The van der Waals surface area contributed by atoms with E-state index in [1.54, 1.807) is 31.2 Å². The number of ether oxygens (including phenoxy) is 2. The van der Waals surface area contributed by atoms with Gasteiger partial charge in [-0.05, 0) is 30.7 Å². The summed E-state index contributed by atoms with van der Waals surface area (Å²) in [5, 5.41) is 0. The van der Waals surface area contributed by atoms with Crippen molar-refractivity contribution in [2.24, 2.45) is 0 Å². The maximum atomic E-state index is 13.3. The number of carbonyl (C=O) groups excluding carboxylic acids is 1. The number of halogens is 1. The molecular formula is C12H13FO3. The van der Waals surface area contributed by atoms with Crippen molar-refractivity contribution in [3.63, 3.8) is 0 Å². The van der Waals surface area contributed by atoms with E-state index in [4.69, 9.17) is 4.74 Å². The standard InChI is InChI=1S/C12H13FO3/c1-3-16-12(14)11(13)8-9-5-4-6-10(7-9)15-2/h4-8H,3H2,1-2H3/b11-8-. The lowest BCUT2D eigenvalue weighted by molar-refractivity contribution is -0.140. The first-order valence-electron chi connectivity index (χ1n) is 4.85. The van der Waals surface area contributed by atoms with Gasteiger partial charge < -0.3 is 9.47 Å². The van der Waals surface area contributed by atoms with Gasteiger partial charge in [0.1, 0.15) is 5.75 Å². The Morgan fingerprint density at radius 1 is 1.50 bits per heavy atom. The molecule has 0 aliphatic carbocycles. The molecule has 0 amide bonds. The smallest absolute Gasteiger partial charge is 0.367 e. The zero-order valence-corrected chi connectivity index (χ0v) is 9.20. The lowest BCUT2D eigenvalue weighted by atomic mass is 10.2. The number of hydrogen-bond donors (Lipinski definition) is 0. The van der Waals surface area contributed by atoms with Gasteiger partial charge in [0.25, 0.3) is 0 Å². The molecule has 16 heavy (non-hydrogen) atoms. The van der Waals surface area contributed by atoms with Crippen LogP contribution in [-0.4, -0.2) is 19.7 Å². The van der Waals surface area contributed by atoms with E-state index in [1.807, 2.05) is 0 Å². The molecule has 0 aliphatic heterocycles. The second-order valence-corrected chi connectivity index (χ2v) is 2.99. The number of esters is 1. The highest BCUT2D eigenvalue weighted by Crippen LogP contribution is 2.16. The molecule has 0 aliphatic rings. The third-order valence-electron chi connectivity index (χ3n) is 1.86. The molecular weight excluding hydrogens is 211 g/mol. The van der Waals surface area contributed by atoms with E-state index in [0.717, 1.165) is 6.08 Å². The Balaban J connectivity index is 2.84. The van der Waals surface area contributed by atoms with Gasteiger partial charge in [-0.15, -0.1) is 0 Å². The van der Waals surface area contributed by atoms with Crippen molar-refractivity contribution >= 4 is 12.0 Å². The van der Waals surface area contributed by atoms with Gasteiger partial charge in [0.15, 0.2) is 0 Å². The van der Waals surface area contributed by atoms with Gasteiger partial charge in [0, 0.05) is 0 Å². The molecule has 1 aromatic carbocycles. The molecule has 0 bridgehead atoms. The fourth-order valence-corrected chi connectivity index (χ4v) is 1.14. The molecule has 0 spiro atoms. The lowest BCUT2D eigenvalue weighted by Crippen LogP contribution is -2.03. The van der Waals surface area contributed by atoms with E-state index in [-0.39, 0.29) is 6.61 Å². The molecule has 0 saturated carbocycles. The van der Waals surface area contributed by atoms with Crippen LogP contribution in [0.1, 0.15) is 12.5 Å². The van der Waals surface area contributed by atoms with E-state index >= 15 is 0 Å². The van der Waals surface area contributed by atoms with E-state index in [2.05, 4.69) is 4.74 Å². The second-order valence-electron chi connectivity index (χ2n) is 2.99. The molecule has 1 rings (SSSR count). The minimum absolute atomic E-state index is 0.151. The molecule has 3 nitrogen and oxygen atoms in total. The molecule has 0 unspecified atom stereocenters. The Labute approximate surface area is 93.5 Å².